The number of ether oxygens (including phenoxy) is 2. The van der Waals surface area contributed by atoms with Gasteiger partial charge in [0.25, 0.3) is 5.91 Å². The number of hydrogen-bond donors (Lipinski definition) is 1. The summed E-state index contributed by atoms with van der Waals surface area (Å²) in [6.45, 7) is 3.22. The third-order valence-electron chi connectivity index (χ3n) is 6.27. The average Bonchev–Trinajstić information content (AvgIpc) is 3.59. The number of benzene rings is 1. The maximum Gasteiger partial charge on any atom is 0.406 e. The second-order valence-electron chi connectivity index (χ2n) is 8.87. The fourth-order valence-corrected chi connectivity index (χ4v) is 5.70. The summed E-state index contributed by atoms with van der Waals surface area (Å²) in [7, 11) is 1.35. The van der Waals surface area contributed by atoms with E-state index in [0.29, 0.717) is 24.6 Å². The van der Waals surface area contributed by atoms with Crippen LogP contribution in [0, 0.1) is 0 Å². The van der Waals surface area contributed by atoms with Crippen LogP contribution in [-0.4, -0.2) is 54.3 Å². The van der Waals surface area contributed by atoms with Gasteiger partial charge in [0.2, 0.25) is 0 Å². The predicted molar refractivity (Wildman–Crippen MR) is 133 cm³/mol. The minimum atomic E-state index is -0.439. The first-order chi connectivity index (χ1) is 16.5. The van der Waals surface area contributed by atoms with Crippen LogP contribution in [-0.2, 0) is 20.7 Å². The van der Waals surface area contributed by atoms with Gasteiger partial charge in [-0.3, -0.25) is 4.79 Å². The number of hydrogen-bond acceptors (Lipinski definition) is 6. The molecule has 1 saturated carbocycles. The lowest BCUT2D eigenvalue weighted by molar-refractivity contribution is -0.149. The first-order valence-corrected chi connectivity index (χ1v) is 13.2. The highest BCUT2D eigenvalue weighted by Crippen LogP contribution is 2.40. The van der Waals surface area contributed by atoms with Gasteiger partial charge in [0.15, 0.2) is 0 Å². The minimum absolute atomic E-state index is 0.0954. The number of carbonyl (C=O) groups excluding carboxylic acids is 2. The molecule has 0 unspecified atom stereocenters. The lowest BCUT2D eigenvalue weighted by atomic mass is 10.1. The van der Waals surface area contributed by atoms with Gasteiger partial charge in [-0.2, -0.15) is 0 Å². The van der Waals surface area contributed by atoms with Crippen molar-refractivity contribution in [3.63, 3.8) is 0 Å². The van der Waals surface area contributed by atoms with Crippen LogP contribution in [0.1, 0.15) is 62.2 Å². The number of rotatable bonds is 9. The van der Waals surface area contributed by atoms with Gasteiger partial charge >= 0.3 is 6.09 Å². The lowest BCUT2D eigenvalue weighted by Gasteiger charge is -2.33. The van der Waals surface area contributed by atoms with E-state index in [2.05, 4.69) is 17.0 Å². The summed E-state index contributed by atoms with van der Waals surface area (Å²) in [5.74, 6) is 0.0954. The quantitative estimate of drug-likeness (QED) is 0.463. The van der Waals surface area contributed by atoms with E-state index >= 15 is 0 Å². The summed E-state index contributed by atoms with van der Waals surface area (Å²) in [5.41, 5.74) is 1.97. The Morgan fingerprint density at radius 3 is 2.82 bits per heavy atom. The van der Waals surface area contributed by atoms with Crippen LogP contribution in [0.3, 0.4) is 0 Å². The van der Waals surface area contributed by atoms with E-state index in [9.17, 15) is 9.59 Å². The van der Waals surface area contributed by atoms with Crippen LogP contribution in [0.4, 0.5) is 4.79 Å². The van der Waals surface area contributed by atoms with Crippen LogP contribution < -0.4 is 5.32 Å². The van der Waals surface area contributed by atoms with Gasteiger partial charge in [-0.05, 0) is 69.6 Å². The van der Waals surface area contributed by atoms with E-state index < -0.39 is 6.09 Å². The fraction of sp³-hybridized carbons (Fsp3) is 0.560. The topological polar surface area (TPSA) is 80.8 Å². The van der Waals surface area contributed by atoms with Crippen molar-refractivity contribution < 1.29 is 19.1 Å². The molecule has 1 aromatic carbocycles. The number of carbonyl (C=O) groups is 2. The smallest absolute Gasteiger partial charge is 0.406 e. The van der Waals surface area contributed by atoms with Gasteiger partial charge in [-0.15, -0.1) is 11.3 Å². The van der Waals surface area contributed by atoms with E-state index in [1.807, 2.05) is 29.2 Å². The average molecular weight is 506 g/mol. The van der Waals surface area contributed by atoms with Gasteiger partial charge in [-0.25, -0.2) is 9.78 Å². The number of thiazole rings is 1. The van der Waals surface area contributed by atoms with Crippen LogP contribution in [0.25, 0.3) is 10.4 Å². The molecule has 0 spiro atoms. The Balaban J connectivity index is 1.57. The number of halogens is 1. The molecule has 2 fully saturated rings. The zero-order valence-corrected chi connectivity index (χ0v) is 21.3. The molecule has 2 atom stereocenters. The summed E-state index contributed by atoms with van der Waals surface area (Å²) >= 11 is 7.90. The van der Waals surface area contributed by atoms with Crippen LogP contribution in [0.15, 0.2) is 24.3 Å². The number of nitrogens with one attached hydrogen (secondary N) is 1. The molecule has 7 nitrogen and oxygen atoms in total. The van der Waals surface area contributed by atoms with Crippen molar-refractivity contribution in [3.8, 4) is 10.4 Å². The van der Waals surface area contributed by atoms with Gasteiger partial charge in [0.1, 0.15) is 11.1 Å². The molecule has 1 aromatic heterocycles. The van der Waals surface area contributed by atoms with Gasteiger partial charge in [0, 0.05) is 24.2 Å². The molecule has 2 aliphatic rings. The Hall–Kier alpha value is -2.16. The molecule has 1 N–H and O–H groups in total. The van der Waals surface area contributed by atoms with Crippen molar-refractivity contribution >= 4 is 34.9 Å². The molecule has 1 saturated heterocycles. The Morgan fingerprint density at radius 1 is 1.32 bits per heavy atom. The van der Waals surface area contributed by atoms with Gasteiger partial charge < -0.3 is 19.7 Å². The third kappa shape index (κ3) is 6.09. The number of alkyl carbamates (subject to hydrolysis) is 1. The predicted octanol–water partition coefficient (Wildman–Crippen LogP) is 5.37. The molecule has 184 valence electrons. The second kappa shape index (κ2) is 11.5. The van der Waals surface area contributed by atoms with Gasteiger partial charge in [-0.1, -0.05) is 23.7 Å². The highest BCUT2D eigenvalue weighted by molar-refractivity contribution is 7.15. The molecule has 0 bridgehead atoms. The Labute approximate surface area is 209 Å². The monoisotopic (exact) mass is 505 g/mol. The first kappa shape index (κ1) is 24.9. The minimum Gasteiger partial charge on any atom is -0.453 e. The Bertz CT molecular complexity index is 1000. The van der Waals surface area contributed by atoms with E-state index in [1.54, 1.807) is 11.3 Å². The molecule has 0 radical (unpaired) electrons. The molecular weight excluding hydrogens is 474 g/mol. The normalized spacial score (nSPS) is 18.9. The van der Waals surface area contributed by atoms with Crippen LogP contribution in [0.2, 0.25) is 5.02 Å². The number of aromatic nitrogens is 1. The Kier molecular flexibility index (Phi) is 8.45. The summed E-state index contributed by atoms with van der Waals surface area (Å²) in [6, 6.07) is 7.90. The molecule has 34 heavy (non-hydrogen) atoms. The highest BCUT2D eigenvalue weighted by Gasteiger charge is 2.41. The van der Waals surface area contributed by atoms with Crippen molar-refractivity contribution in [1.82, 2.24) is 15.2 Å². The number of methoxy groups -OCH3 is 1. The van der Waals surface area contributed by atoms with E-state index in [1.165, 1.54) is 7.11 Å². The number of nitrogens with zero attached hydrogens (tertiary/aromatic N) is 2. The zero-order chi connectivity index (χ0) is 24.1. The third-order valence-corrected chi connectivity index (χ3v) is 7.82. The van der Waals surface area contributed by atoms with Crippen LogP contribution in [0.5, 0.6) is 0 Å². The van der Waals surface area contributed by atoms with Crippen molar-refractivity contribution in [2.45, 2.75) is 70.1 Å². The van der Waals surface area contributed by atoms with E-state index in [0.717, 1.165) is 59.7 Å². The Morgan fingerprint density at radius 2 is 2.15 bits per heavy atom. The summed E-state index contributed by atoms with van der Waals surface area (Å²) in [4.78, 5) is 32.9. The number of amides is 2. The molecular formula is C25H32ClN3O4S. The van der Waals surface area contributed by atoms with Gasteiger partial charge in [0.05, 0.1) is 23.7 Å². The standard InChI is InChI=1S/C25H32ClN3O4S/c1-16(29(19-11-12-19)24(30)21-10-3-4-14-33-21)23-28-20(9-6-13-27-25(31)32-2)22(34-23)17-7-5-8-18(26)15-17/h5,7-8,15-16,19,21H,3-4,6,9-14H2,1-2H3,(H,27,31)/t16-,21-/m1/s1. The number of aryl methyl sites for hydroxylation is 1. The first-order valence-electron chi connectivity index (χ1n) is 12.0. The largest absolute Gasteiger partial charge is 0.453 e. The summed E-state index contributed by atoms with van der Waals surface area (Å²) < 4.78 is 10.5. The maximum atomic E-state index is 13.4. The molecule has 9 heteroatoms. The maximum absolute atomic E-state index is 13.4. The van der Waals surface area contributed by atoms with Crippen molar-refractivity contribution in [1.29, 1.82) is 0 Å². The zero-order valence-electron chi connectivity index (χ0n) is 19.7. The summed E-state index contributed by atoms with van der Waals surface area (Å²) in [5, 5.41) is 4.31. The summed E-state index contributed by atoms with van der Waals surface area (Å²) in [6.07, 6.45) is 5.54. The molecule has 2 heterocycles. The molecule has 2 aromatic rings. The van der Waals surface area contributed by atoms with E-state index in [4.69, 9.17) is 21.3 Å². The van der Waals surface area contributed by atoms with Crippen molar-refractivity contribution in [2.75, 3.05) is 20.3 Å². The SMILES string of the molecule is COC(=O)NCCCc1nc([C@@H](C)N(C(=O)[C@H]2CCCCO2)C2CC2)sc1-c1cccc(Cl)c1. The van der Waals surface area contributed by atoms with Crippen molar-refractivity contribution in [3.05, 3.63) is 40.0 Å². The van der Waals surface area contributed by atoms with Crippen LogP contribution >= 0.6 is 22.9 Å². The lowest BCUT2D eigenvalue weighted by Crippen LogP contribution is -2.44. The second-order valence-corrected chi connectivity index (χ2v) is 10.3. The molecule has 1 aliphatic carbocycles. The molecule has 4 rings (SSSR count). The molecule has 2 amide bonds. The van der Waals surface area contributed by atoms with Crippen molar-refractivity contribution in [2.24, 2.45) is 0 Å². The highest BCUT2D eigenvalue weighted by atomic mass is 35.5. The molecule has 1 aliphatic heterocycles. The van der Waals surface area contributed by atoms with E-state index in [-0.39, 0.29) is 24.1 Å². The fourth-order valence-electron chi connectivity index (χ4n) is 4.35.